The Labute approximate surface area is 106 Å². The van der Waals surface area contributed by atoms with Crippen LogP contribution >= 0.6 is 0 Å². The van der Waals surface area contributed by atoms with Crippen molar-refractivity contribution >= 4 is 0 Å². The molecule has 1 atom stereocenters. The van der Waals surface area contributed by atoms with Crippen LogP contribution in [0, 0.1) is 11.8 Å². The van der Waals surface area contributed by atoms with Gasteiger partial charge in [0.15, 0.2) is 0 Å². The van der Waals surface area contributed by atoms with Gasteiger partial charge in [-0.15, -0.1) is 0 Å². The highest BCUT2D eigenvalue weighted by atomic mass is 15.1. The molecule has 1 aliphatic rings. The molecule has 1 aliphatic heterocycles. The largest absolute Gasteiger partial charge is 0.303 e. The molecule has 0 spiro atoms. The molecule has 0 bridgehead atoms. The van der Waals surface area contributed by atoms with Crippen LogP contribution in [0.25, 0.3) is 0 Å². The van der Waals surface area contributed by atoms with Crippen molar-refractivity contribution in [2.75, 3.05) is 19.6 Å². The van der Waals surface area contributed by atoms with E-state index in [2.05, 4.69) is 49.1 Å². The SMILES string of the molecule is CC(C)CCN1CC[C@@H](Cc2ccccc2)C1. The van der Waals surface area contributed by atoms with Gasteiger partial charge in [-0.1, -0.05) is 44.2 Å². The van der Waals surface area contributed by atoms with E-state index in [4.69, 9.17) is 0 Å². The van der Waals surface area contributed by atoms with E-state index in [1.807, 2.05) is 0 Å². The fourth-order valence-corrected chi connectivity index (χ4v) is 2.67. The second kappa shape index (κ2) is 6.20. The minimum absolute atomic E-state index is 0.836. The van der Waals surface area contributed by atoms with Gasteiger partial charge in [0, 0.05) is 6.54 Å². The predicted molar refractivity (Wildman–Crippen MR) is 74.1 cm³/mol. The highest BCUT2D eigenvalue weighted by molar-refractivity contribution is 5.15. The molecular weight excluding hydrogens is 206 g/mol. The zero-order chi connectivity index (χ0) is 12.1. The van der Waals surface area contributed by atoms with Crippen molar-refractivity contribution in [2.24, 2.45) is 11.8 Å². The summed E-state index contributed by atoms with van der Waals surface area (Å²) in [7, 11) is 0. The van der Waals surface area contributed by atoms with Gasteiger partial charge in [-0.25, -0.2) is 0 Å². The molecule has 0 N–H and O–H groups in total. The second-order valence-electron chi connectivity index (χ2n) is 5.83. The molecule has 1 nitrogen and oxygen atoms in total. The summed E-state index contributed by atoms with van der Waals surface area (Å²) in [6, 6.07) is 10.9. The molecule has 1 fully saturated rings. The van der Waals surface area contributed by atoms with Crippen LogP contribution in [0.15, 0.2) is 30.3 Å². The third-order valence-electron chi connectivity index (χ3n) is 3.76. The Hall–Kier alpha value is -0.820. The van der Waals surface area contributed by atoms with Crippen LogP contribution in [-0.2, 0) is 6.42 Å². The van der Waals surface area contributed by atoms with Gasteiger partial charge in [-0.2, -0.15) is 0 Å². The van der Waals surface area contributed by atoms with Crippen molar-refractivity contribution in [1.29, 1.82) is 0 Å². The van der Waals surface area contributed by atoms with Gasteiger partial charge in [0.1, 0.15) is 0 Å². The Morgan fingerprint density at radius 2 is 2.00 bits per heavy atom. The van der Waals surface area contributed by atoms with Crippen molar-refractivity contribution in [3.05, 3.63) is 35.9 Å². The molecule has 1 heteroatoms. The van der Waals surface area contributed by atoms with Crippen molar-refractivity contribution in [3.8, 4) is 0 Å². The van der Waals surface area contributed by atoms with Crippen LogP contribution in [0.3, 0.4) is 0 Å². The molecule has 0 aromatic heterocycles. The quantitative estimate of drug-likeness (QED) is 0.748. The highest BCUT2D eigenvalue weighted by Gasteiger charge is 2.22. The molecular formula is C16H25N. The van der Waals surface area contributed by atoms with Crippen LogP contribution in [0.2, 0.25) is 0 Å². The Bertz CT molecular complexity index is 318. The third kappa shape index (κ3) is 4.16. The minimum Gasteiger partial charge on any atom is -0.303 e. The summed E-state index contributed by atoms with van der Waals surface area (Å²) in [5, 5.41) is 0. The van der Waals surface area contributed by atoms with Crippen LogP contribution < -0.4 is 0 Å². The van der Waals surface area contributed by atoms with Crippen molar-refractivity contribution in [3.63, 3.8) is 0 Å². The number of likely N-dealkylation sites (tertiary alicyclic amines) is 1. The van der Waals surface area contributed by atoms with Crippen LogP contribution in [0.1, 0.15) is 32.3 Å². The molecule has 1 aromatic rings. The summed E-state index contributed by atoms with van der Waals surface area (Å²) in [4.78, 5) is 2.65. The van der Waals surface area contributed by atoms with Gasteiger partial charge in [-0.3, -0.25) is 0 Å². The van der Waals surface area contributed by atoms with E-state index >= 15 is 0 Å². The molecule has 0 amide bonds. The lowest BCUT2D eigenvalue weighted by molar-refractivity contribution is 0.301. The fraction of sp³-hybridized carbons (Fsp3) is 0.625. The molecule has 1 saturated heterocycles. The van der Waals surface area contributed by atoms with Gasteiger partial charge in [0.05, 0.1) is 0 Å². The van der Waals surface area contributed by atoms with E-state index in [0.29, 0.717) is 0 Å². The van der Waals surface area contributed by atoms with E-state index in [9.17, 15) is 0 Å². The van der Waals surface area contributed by atoms with Gasteiger partial charge < -0.3 is 4.90 Å². The first-order valence-corrected chi connectivity index (χ1v) is 7.00. The van der Waals surface area contributed by atoms with Crippen LogP contribution in [0.4, 0.5) is 0 Å². The Kier molecular flexibility index (Phi) is 4.61. The monoisotopic (exact) mass is 231 g/mol. The zero-order valence-corrected chi connectivity index (χ0v) is 11.2. The summed E-state index contributed by atoms with van der Waals surface area (Å²) in [5.41, 5.74) is 1.50. The summed E-state index contributed by atoms with van der Waals surface area (Å²) in [6.45, 7) is 8.55. The van der Waals surface area contributed by atoms with E-state index in [1.165, 1.54) is 44.5 Å². The molecule has 2 rings (SSSR count). The van der Waals surface area contributed by atoms with E-state index in [1.54, 1.807) is 0 Å². The zero-order valence-electron chi connectivity index (χ0n) is 11.2. The van der Waals surface area contributed by atoms with Crippen molar-refractivity contribution in [1.82, 2.24) is 4.90 Å². The smallest absolute Gasteiger partial charge is 0.00133 e. The average Bonchev–Trinajstić information content (AvgIpc) is 2.75. The number of hydrogen-bond donors (Lipinski definition) is 0. The van der Waals surface area contributed by atoms with Crippen LogP contribution in [-0.4, -0.2) is 24.5 Å². The lowest BCUT2D eigenvalue weighted by Gasteiger charge is -2.17. The summed E-state index contributed by atoms with van der Waals surface area (Å²) in [6.07, 6.45) is 3.99. The average molecular weight is 231 g/mol. The normalized spacial score (nSPS) is 21.2. The predicted octanol–water partition coefficient (Wildman–Crippen LogP) is 3.60. The topological polar surface area (TPSA) is 3.24 Å². The Morgan fingerprint density at radius 3 is 2.71 bits per heavy atom. The first kappa shape index (κ1) is 12.6. The number of rotatable bonds is 5. The minimum atomic E-state index is 0.836. The Balaban J connectivity index is 1.74. The first-order valence-electron chi connectivity index (χ1n) is 7.00. The molecule has 0 saturated carbocycles. The number of hydrogen-bond acceptors (Lipinski definition) is 1. The van der Waals surface area contributed by atoms with Gasteiger partial charge >= 0.3 is 0 Å². The fourth-order valence-electron chi connectivity index (χ4n) is 2.67. The maximum atomic E-state index is 2.65. The number of benzene rings is 1. The van der Waals surface area contributed by atoms with Gasteiger partial charge in [-0.05, 0) is 49.8 Å². The summed E-state index contributed by atoms with van der Waals surface area (Å²) in [5.74, 6) is 1.72. The van der Waals surface area contributed by atoms with E-state index in [-0.39, 0.29) is 0 Å². The first-order chi connectivity index (χ1) is 8.24. The van der Waals surface area contributed by atoms with Crippen LogP contribution in [0.5, 0.6) is 0 Å². The molecule has 94 valence electrons. The molecule has 1 aromatic carbocycles. The molecule has 0 radical (unpaired) electrons. The highest BCUT2D eigenvalue weighted by Crippen LogP contribution is 2.21. The van der Waals surface area contributed by atoms with Gasteiger partial charge in [0.25, 0.3) is 0 Å². The summed E-state index contributed by atoms with van der Waals surface area (Å²) < 4.78 is 0. The molecule has 0 unspecified atom stereocenters. The van der Waals surface area contributed by atoms with Gasteiger partial charge in [0.2, 0.25) is 0 Å². The molecule has 17 heavy (non-hydrogen) atoms. The molecule has 0 aliphatic carbocycles. The van der Waals surface area contributed by atoms with Crippen molar-refractivity contribution < 1.29 is 0 Å². The maximum absolute atomic E-state index is 2.65. The second-order valence-corrected chi connectivity index (χ2v) is 5.83. The molecule has 1 heterocycles. The standard InChI is InChI=1S/C16H25N/c1-14(2)8-10-17-11-9-16(13-17)12-15-6-4-3-5-7-15/h3-7,14,16H,8-13H2,1-2H3/t16-/m0/s1. The van der Waals surface area contributed by atoms with Crippen molar-refractivity contribution in [2.45, 2.75) is 33.1 Å². The summed E-state index contributed by atoms with van der Waals surface area (Å²) >= 11 is 0. The Morgan fingerprint density at radius 1 is 1.24 bits per heavy atom. The lowest BCUT2D eigenvalue weighted by Crippen LogP contribution is -2.23. The van der Waals surface area contributed by atoms with E-state index in [0.717, 1.165) is 11.8 Å². The third-order valence-corrected chi connectivity index (χ3v) is 3.76. The van der Waals surface area contributed by atoms with E-state index < -0.39 is 0 Å². The maximum Gasteiger partial charge on any atom is 0.00133 e. The lowest BCUT2D eigenvalue weighted by atomic mass is 9.99. The number of nitrogens with zero attached hydrogens (tertiary/aromatic N) is 1.